The zero-order valence-electron chi connectivity index (χ0n) is 9.15. The Balaban J connectivity index is -0.000000107. The minimum absolute atomic E-state index is 0. The van der Waals surface area contributed by atoms with Gasteiger partial charge < -0.3 is 7.43 Å². The van der Waals surface area contributed by atoms with Gasteiger partial charge in [0.1, 0.15) is 0 Å². The van der Waals surface area contributed by atoms with Crippen LogP contribution in [0.15, 0.2) is 0 Å². The summed E-state index contributed by atoms with van der Waals surface area (Å²) < 4.78 is 0. The van der Waals surface area contributed by atoms with Crippen LogP contribution >= 0.6 is 0 Å². The Morgan fingerprint density at radius 1 is 1.00 bits per heavy atom. The van der Waals surface area contributed by atoms with E-state index in [9.17, 15) is 0 Å². The minimum Gasteiger partial charge on any atom is -0.358 e. The quantitative estimate of drug-likeness (QED) is 0.421. The zero-order chi connectivity index (χ0) is 7.28. The molecule has 0 rings (SSSR count). The summed E-state index contributed by atoms with van der Waals surface area (Å²) in [6.45, 7) is 9.25. The summed E-state index contributed by atoms with van der Waals surface area (Å²) in [5, 5.41) is 2.97. The molecule has 0 fully saturated rings. The molecule has 0 N–H and O–H groups in total. The Kier molecular flexibility index (Phi) is 18.2. The molecule has 0 spiro atoms. The summed E-state index contributed by atoms with van der Waals surface area (Å²) in [5.74, 6) is 1.86. The maximum Gasteiger partial charge on any atom is 1.00 e. The molecule has 0 aliphatic carbocycles. The molecule has 63 valence electrons. The van der Waals surface area contributed by atoms with Gasteiger partial charge in [-0.25, -0.2) is 0 Å². The average Bonchev–Trinajstić information content (AvgIpc) is 1.63. The van der Waals surface area contributed by atoms with Gasteiger partial charge in [-0.05, 0) is 0 Å². The monoisotopic (exact) mass is 165 g/mol. The fraction of sp³-hybridized carbons (Fsp3) is 0.889. The van der Waals surface area contributed by atoms with E-state index in [0.29, 0.717) is 0 Å². The van der Waals surface area contributed by atoms with E-state index in [1.54, 1.807) is 0 Å². The van der Waals surface area contributed by atoms with Crippen molar-refractivity contribution in [2.45, 2.75) is 38.3 Å². The molecule has 0 heterocycles. The first kappa shape index (κ1) is 18.0. The van der Waals surface area contributed by atoms with Gasteiger partial charge in [0.25, 0.3) is 0 Å². The van der Waals surface area contributed by atoms with Gasteiger partial charge in [0.15, 0.2) is 0 Å². The molecule has 0 aliphatic rings. The number of hydrogen-bond acceptors (Lipinski definition) is 0. The maximum atomic E-state index is 2.31. The molecule has 0 amide bonds. The van der Waals surface area contributed by atoms with Crippen molar-refractivity contribution < 1.29 is 20.3 Å². The second-order valence-electron chi connectivity index (χ2n) is 3.55. The zero-order valence-corrected chi connectivity index (χ0v) is 10.3. The summed E-state index contributed by atoms with van der Waals surface area (Å²) in [6, 6.07) is 0. The third kappa shape index (κ3) is 18.2. The third-order valence-corrected chi connectivity index (χ3v) is 3.83. The van der Waals surface area contributed by atoms with Crippen molar-refractivity contribution in [3.63, 3.8) is 0 Å². The first-order valence-corrected chi connectivity index (χ1v) is 5.58. The van der Waals surface area contributed by atoms with Crippen molar-refractivity contribution in [3.05, 3.63) is 7.43 Å². The van der Waals surface area contributed by atoms with E-state index in [1.165, 1.54) is 10.6 Å². The minimum atomic E-state index is 0. The largest absolute Gasteiger partial charge is 1.00 e. The molecule has 0 unspecified atom stereocenters. The predicted octanol–water partition coefficient (Wildman–Crippen LogP) is 0.539. The van der Waals surface area contributed by atoms with Gasteiger partial charge in [0.2, 0.25) is 15.2 Å². The molecule has 0 aromatic rings. The molecule has 0 nitrogen and oxygen atoms in total. The molecule has 0 aromatic carbocycles. The van der Waals surface area contributed by atoms with Crippen LogP contribution in [0, 0.1) is 19.3 Å². The van der Waals surface area contributed by atoms with Gasteiger partial charge in [0.05, 0.1) is 0 Å². The van der Waals surface area contributed by atoms with Crippen LogP contribution in [0.25, 0.3) is 0 Å². The fourth-order valence-corrected chi connectivity index (χ4v) is 2.29. The van der Waals surface area contributed by atoms with Crippen molar-refractivity contribution in [1.29, 1.82) is 0 Å². The van der Waals surface area contributed by atoms with Crippen molar-refractivity contribution >= 4 is 15.2 Å². The topological polar surface area (TPSA) is 0 Å². The molecule has 0 saturated heterocycles. The summed E-state index contributed by atoms with van der Waals surface area (Å²) in [7, 11) is 0. The first-order valence-electron chi connectivity index (χ1n) is 3.94. The van der Waals surface area contributed by atoms with Gasteiger partial charge in [-0.1, -0.05) is 39.5 Å². The van der Waals surface area contributed by atoms with E-state index in [2.05, 4.69) is 27.7 Å². The van der Waals surface area contributed by atoms with E-state index >= 15 is 0 Å². The molecule has 0 bridgehead atoms. The summed E-state index contributed by atoms with van der Waals surface area (Å²) >= 11 is 0.755. The van der Waals surface area contributed by atoms with E-state index in [1.807, 2.05) is 0 Å². The van der Waals surface area contributed by atoms with Crippen LogP contribution in [0.1, 0.15) is 29.1 Å². The van der Waals surface area contributed by atoms with Crippen LogP contribution in [-0.4, -0.2) is 15.2 Å². The molecule has 0 atom stereocenters. The van der Waals surface area contributed by atoms with E-state index in [0.717, 1.165) is 27.1 Å². The normalized spacial score (nSPS) is 8.91. The van der Waals surface area contributed by atoms with Crippen LogP contribution < -0.4 is 18.9 Å². The Morgan fingerprint density at radius 3 is 1.45 bits per heavy atom. The van der Waals surface area contributed by atoms with Gasteiger partial charge in [-0.3, -0.25) is 0 Å². The Labute approximate surface area is 92.9 Å². The van der Waals surface area contributed by atoms with Crippen molar-refractivity contribution in [3.8, 4) is 0 Å². The van der Waals surface area contributed by atoms with Crippen molar-refractivity contribution in [2.24, 2.45) is 11.8 Å². The SMILES string of the molecule is CC(C)[CH2][Al][CH2]C(C)C.[CH3-].[HH].[Li+]. The van der Waals surface area contributed by atoms with Gasteiger partial charge in [-0.15, -0.1) is 10.6 Å². The van der Waals surface area contributed by atoms with Crippen LogP contribution in [0.4, 0.5) is 0 Å². The molecule has 2 heteroatoms. The van der Waals surface area contributed by atoms with Crippen molar-refractivity contribution in [2.75, 3.05) is 0 Å². The van der Waals surface area contributed by atoms with E-state index in [4.69, 9.17) is 0 Å². The molecular weight excluding hydrogens is 142 g/mol. The van der Waals surface area contributed by atoms with E-state index in [-0.39, 0.29) is 27.7 Å². The fourth-order valence-electron chi connectivity index (χ4n) is 0.763. The second-order valence-corrected chi connectivity index (χ2v) is 5.07. The molecule has 0 aromatic heterocycles. The van der Waals surface area contributed by atoms with Crippen molar-refractivity contribution in [1.82, 2.24) is 0 Å². The second kappa shape index (κ2) is 11.1. The van der Waals surface area contributed by atoms with Crippen LogP contribution in [0.5, 0.6) is 0 Å². The first-order chi connectivity index (χ1) is 4.13. The smallest absolute Gasteiger partial charge is 0.358 e. The van der Waals surface area contributed by atoms with E-state index < -0.39 is 0 Å². The van der Waals surface area contributed by atoms with Crippen LogP contribution in [0.2, 0.25) is 10.6 Å². The molecule has 0 saturated carbocycles. The third-order valence-electron chi connectivity index (χ3n) is 1.28. The molecule has 11 heavy (non-hydrogen) atoms. The summed E-state index contributed by atoms with van der Waals surface area (Å²) in [5.41, 5.74) is 0. The Hall–Kier alpha value is 1.13. The van der Waals surface area contributed by atoms with Crippen LogP contribution in [-0.2, 0) is 0 Å². The Morgan fingerprint density at radius 2 is 1.27 bits per heavy atom. The maximum absolute atomic E-state index is 2.31. The van der Waals surface area contributed by atoms with Gasteiger partial charge in [-0.2, -0.15) is 0 Å². The van der Waals surface area contributed by atoms with Crippen LogP contribution in [0.3, 0.4) is 0 Å². The Bertz CT molecular complexity index is 59.5. The van der Waals surface area contributed by atoms with Gasteiger partial charge >= 0.3 is 18.9 Å². The molecule has 1 radical (unpaired) electrons. The molecule has 0 aliphatic heterocycles. The standard InChI is InChI=1S/2C4H9.CH3.Al.Li.H2/c2*1-4(2)3;;;;/h2*4H,1H2,2-3H3;1H3;;;1H/q;;-1;;+1;. The summed E-state index contributed by atoms with van der Waals surface area (Å²) in [4.78, 5) is 0. The number of rotatable bonds is 4. The van der Waals surface area contributed by atoms with Gasteiger partial charge in [0, 0.05) is 1.43 Å². The summed E-state index contributed by atoms with van der Waals surface area (Å²) in [6.07, 6.45) is 0. The average molecular weight is 165 g/mol. The number of hydrogen-bond donors (Lipinski definition) is 0. The predicted molar refractivity (Wildman–Crippen MR) is 53.6 cm³/mol. The molecular formula is C9H23AlLi.